The standard InChI is InChI=1S/C18H20N4S/c1-14-8-6-9-15(2)17(14)22-18(19-20-21-22)23-13-7-12-16-10-4-3-5-11-16/h3-6,8-11H,7,12-13H2,1-2H3. The van der Waals surface area contributed by atoms with Crippen molar-refractivity contribution < 1.29 is 0 Å². The van der Waals surface area contributed by atoms with Crippen molar-refractivity contribution in [2.45, 2.75) is 31.8 Å². The lowest BCUT2D eigenvalue weighted by Gasteiger charge is -2.10. The minimum atomic E-state index is 0.857. The minimum absolute atomic E-state index is 0.857. The molecule has 0 saturated carbocycles. The van der Waals surface area contributed by atoms with Crippen LogP contribution >= 0.6 is 11.8 Å². The Morgan fingerprint density at radius 3 is 2.43 bits per heavy atom. The molecule has 0 aliphatic heterocycles. The summed E-state index contributed by atoms with van der Waals surface area (Å²) in [6.07, 6.45) is 2.19. The maximum atomic E-state index is 4.18. The summed E-state index contributed by atoms with van der Waals surface area (Å²) in [6, 6.07) is 16.8. The number of aryl methyl sites for hydroxylation is 3. The average Bonchev–Trinajstić information content (AvgIpc) is 3.01. The Morgan fingerprint density at radius 2 is 1.70 bits per heavy atom. The summed E-state index contributed by atoms with van der Waals surface area (Å²) >= 11 is 1.71. The van der Waals surface area contributed by atoms with Gasteiger partial charge in [0.2, 0.25) is 5.16 Å². The van der Waals surface area contributed by atoms with Crippen LogP contribution in [0.5, 0.6) is 0 Å². The van der Waals surface area contributed by atoms with E-state index in [1.807, 2.05) is 4.68 Å². The number of aromatic nitrogens is 4. The molecule has 118 valence electrons. The van der Waals surface area contributed by atoms with Gasteiger partial charge < -0.3 is 0 Å². The molecule has 0 spiro atoms. The molecule has 0 saturated heterocycles. The molecule has 0 fully saturated rings. The van der Waals surface area contributed by atoms with Crippen LogP contribution in [0.1, 0.15) is 23.1 Å². The molecule has 0 aliphatic rings. The molecular weight excluding hydrogens is 304 g/mol. The van der Waals surface area contributed by atoms with Gasteiger partial charge in [0.05, 0.1) is 5.69 Å². The van der Waals surface area contributed by atoms with Crippen LogP contribution in [0.3, 0.4) is 0 Å². The summed E-state index contributed by atoms with van der Waals surface area (Å²) in [6.45, 7) is 4.18. The van der Waals surface area contributed by atoms with Crippen LogP contribution in [-0.4, -0.2) is 26.0 Å². The zero-order valence-electron chi connectivity index (χ0n) is 13.4. The first-order chi connectivity index (χ1) is 11.3. The molecule has 0 bridgehead atoms. The highest BCUT2D eigenvalue weighted by Crippen LogP contribution is 2.24. The highest BCUT2D eigenvalue weighted by atomic mass is 32.2. The molecule has 0 radical (unpaired) electrons. The Bertz CT molecular complexity index is 747. The summed E-state index contributed by atoms with van der Waals surface area (Å²) < 4.78 is 1.86. The molecule has 0 aliphatic carbocycles. The van der Waals surface area contributed by atoms with Gasteiger partial charge in [-0.2, -0.15) is 4.68 Å². The number of nitrogens with zero attached hydrogens (tertiary/aromatic N) is 4. The summed E-state index contributed by atoms with van der Waals surface area (Å²) in [4.78, 5) is 0. The van der Waals surface area contributed by atoms with E-state index in [0.29, 0.717) is 0 Å². The summed E-state index contributed by atoms with van der Waals surface area (Å²) in [5, 5.41) is 13.1. The molecule has 0 atom stereocenters. The van der Waals surface area contributed by atoms with E-state index in [2.05, 4.69) is 77.9 Å². The predicted molar refractivity (Wildman–Crippen MR) is 94.1 cm³/mol. The van der Waals surface area contributed by atoms with Crippen molar-refractivity contribution >= 4 is 11.8 Å². The van der Waals surface area contributed by atoms with Gasteiger partial charge in [0.25, 0.3) is 0 Å². The largest absolute Gasteiger partial charge is 0.214 e. The second kappa shape index (κ2) is 7.42. The smallest absolute Gasteiger partial charge is 0.187 e. The third-order valence-corrected chi connectivity index (χ3v) is 4.78. The van der Waals surface area contributed by atoms with Crippen LogP contribution in [0.25, 0.3) is 5.69 Å². The molecule has 0 amide bonds. The molecule has 1 aromatic heterocycles. The van der Waals surface area contributed by atoms with Gasteiger partial charge in [0.1, 0.15) is 0 Å². The first-order valence-electron chi connectivity index (χ1n) is 7.77. The molecule has 3 rings (SSSR count). The van der Waals surface area contributed by atoms with E-state index >= 15 is 0 Å². The fourth-order valence-corrected chi connectivity index (χ4v) is 3.45. The van der Waals surface area contributed by atoms with Crippen molar-refractivity contribution in [3.63, 3.8) is 0 Å². The summed E-state index contributed by atoms with van der Waals surface area (Å²) in [5.74, 6) is 1.00. The minimum Gasteiger partial charge on any atom is -0.187 e. The molecule has 4 nitrogen and oxygen atoms in total. The molecule has 23 heavy (non-hydrogen) atoms. The van der Waals surface area contributed by atoms with Crippen molar-refractivity contribution in [1.82, 2.24) is 20.2 Å². The van der Waals surface area contributed by atoms with Crippen molar-refractivity contribution in [3.8, 4) is 5.69 Å². The Labute approximate surface area is 140 Å². The first-order valence-corrected chi connectivity index (χ1v) is 8.76. The Kier molecular flexibility index (Phi) is 5.08. The molecular formula is C18H20N4S. The monoisotopic (exact) mass is 324 g/mol. The van der Waals surface area contributed by atoms with E-state index < -0.39 is 0 Å². The van der Waals surface area contributed by atoms with Gasteiger partial charge in [0.15, 0.2) is 0 Å². The lowest BCUT2D eigenvalue weighted by atomic mass is 10.1. The maximum absolute atomic E-state index is 4.18. The fourth-order valence-electron chi connectivity index (χ4n) is 2.63. The van der Waals surface area contributed by atoms with Gasteiger partial charge in [-0.15, -0.1) is 5.10 Å². The van der Waals surface area contributed by atoms with Gasteiger partial charge in [-0.3, -0.25) is 0 Å². The van der Waals surface area contributed by atoms with Gasteiger partial charge in [-0.05, 0) is 53.8 Å². The van der Waals surface area contributed by atoms with Crippen molar-refractivity contribution in [2.24, 2.45) is 0 Å². The third-order valence-electron chi connectivity index (χ3n) is 3.78. The van der Waals surface area contributed by atoms with Gasteiger partial charge in [-0.25, -0.2) is 0 Å². The topological polar surface area (TPSA) is 43.6 Å². The highest BCUT2D eigenvalue weighted by molar-refractivity contribution is 7.99. The molecule has 3 aromatic rings. The third kappa shape index (κ3) is 3.79. The van der Waals surface area contributed by atoms with Gasteiger partial charge >= 0.3 is 0 Å². The molecule has 1 heterocycles. The first kappa shape index (κ1) is 15.7. The van der Waals surface area contributed by atoms with Crippen LogP contribution in [0.2, 0.25) is 0 Å². The second-order valence-corrected chi connectivity index (χ2v) is 6.61. The van der Waals surface area contributed by atoms with E-state index in [0.717, 1.165) is 29.4 Å². The number of thioether (sulfide) groups is 1. The zero-order chi connectivity index (χ0) is 16.1. The SMILES string of the molecule is Cc1cccc(C)c1-n1nnnc1SCCCc1ccccc1. The Morgan fingerprint density at radius 1 is 0.957 bits per heavy atom. The number of tetrazole rings is 1. The van der Waals surface area contributed by atoms with E-state index in [1.54, 1.807) is 11.8 Å². The molecule has 0 N–H and O–H groups in total. The lowest BCUT2D eigenvalue weighted by Crippen LogP contribution is -2.04. The number of para-hydroxylation sites is 1. The quantitative estimate of drug-likeness (QED) is 0.508. The normalized spacial score (nSPS) is 10.9. The number of benzene rings is 2. The average molecular weight is 324 g/mol. The second-order valence-electron chi connectivity index (χ2n) is 5.55. The zero-order valence-corrected chi connectivity index (χ0v) is 14.3. The molecule has 5 heteroatoms. The van der Waals surface area contributed by atoms with Crippen LogP contribution < -0.4 is 0 Å². The predicted octanol–water partition coefficient (Wildman–Crippen LogP) is 4.00. The number of hydrogen-bond donors (Lipinski definition) is 0. The fraction of sp³-hybridized carbons (Fsp3) is 0.278. The van der Waals surface area contributed by atoms with Gasteiger partial charge in [0, 0.05) is 5.75 Å². The van der Waals surface area contributed by atoms with Crippen molar-refractivity contribution in [3.05, 3.63) is 65.2 Å². The molecule has 2 aromatic carbocycles. The van der Waals surface area contributed by atoms with E-state index in [4.69, 9.17) is 0 Å². The van der Waals surface area contributed by atoms with E-state index in [1.165, 1.54) is 16.7 Å². The Hall–Kier alpha value is -2.14. The van der Waals surface area contributed by atoms with Crippen LogP contribution in [0, 0.1) is 13.8 Å². The van der Waals surface area contributed by atoms with Gasteiger partial charge in [-0.1, -0.05) is 60.3 Å². The summed E-state index contributed by atoms with van der Waals surface area (Å²) in [5.41, 5.74) is 4.83. The summed E-state index contributed by atoms with van der Waals surface area (Å²) in [7, 11) is 0. The lowest BCUT2D eigenvalue weighted by molar-refractivity contribution is 0.746. The van der Waals surface area contributed by atoms with Crippen LogP contribution in [0.15, 0.2) is 53.7 Å². The van der Waals surface area contributed by atoms with Crippen LogP contribution in [-0.2, 0) is 6.42 Å². The van der Waals surface area contributed by atoms with Crippen LogP contribution in [0.4, 0.5) is 0 Å². The van der Waals surface area contributed by atoms with Crippen molar-refractivity contribution in [1.29, 1.82) is 0 Å². The van der Waals surface area contributed by atoms with Crippen molar-refractivity contribution in [2.75, 3.05) is 5.75 Å². The number of rotatable bonds is 6. The maximum Gasteiger partial charge on any atom is 0.214 e. The molecule has 0 unspecified atom stereocenters. The highest BCUT2D eigenvalue weighted by Gasteiger charge is 2.12. The number of hydrogen-bond acceptors (Lipinski definition) is 4. The van der Waals surface area contributed by atoms with E-state index in [-0.39, 0.29) is 0 Å². The van der Waals surface area contributed by atoms with E-state index in [9.17, 15) is 0 Å². The Balaban J connectivity index is 1.65.